The quantitative estimate of drug-likeness (QED) is 0.547. The van der Waals surface area contributed by atoms with Gasteiger partial charge in [-0.05, 0) is 73.0 Å². The predicted octanol–water partition coefficient (Wildman–Crippen LogP) is 3.61. The van der Waals surface area contributed by atoms with Crippen molar-refractivity contribution in [2.45, 2.75) is 32.4 Å². The van der Waals surface area contributed by atoms with Gasteiger partial charge >= 0.3 is 0 Å². The number of piperidine rings is 1. The highest BCUT2D eigenvalue weighted by molar-refractivity contribution is 7.09. The molecule has 0 amide bonds. The summed E-state index contributed by atoms with van der Waals surface area (Å²) in [7, 11) is 5.27. The van der Waals surface area contributed by atoms with Crippen LogP contribution in [0.2, 0.25) is 0 Å². The summed E-state index contributed by atoms with van der Waals surface area (Å²) in [6.45, 7) is 6.26. The molecule has 1 N–H and O–H groups in total. The molecule has 1 aromatic heterocycles. The van der Waals surface area contributed by atoms with Crippen molar-refractivity contribution >= 4 is 17.3 Å². The molecule has 4 rings (SSSR count). The lowest BCUT2D eigenvalue weighted by Crippen LogP contribution is -2.46. The summed E-state index contributed by atoms with van der Waals surface area (Å²) in [5.74, 6) is 3.31. The predicted molar refractivity (Wildman–Crippen MR) is 127 cm³/mol. The van der Waals surface area contributed by atoms with Gasteiger partial charge in [-0.25, -0.2) is 0 Å². The molecule has 0 spiro atoms. The van der Waals surface area contributed by atoms with Gasteiger partial charge in [0.15, 0.2) is 17.5 Å². The molecule has 2 aliphatic heterocycles. The summed E-state index contributed by atoms with van der Waals surface area (Å²) in [5, 5.41) is 5.82. The molecule has 3 heterocycles. The van der Waals surface area contributed by atoms with Gasteiger partial charge in [-0.3, -0.25) is 9.89 Å². The van der Waals surface area contributed by atoms with Crippen molar-refractivity contribution in [1.29, 1.82) is 0 Å². The van der Waals surface area contributed by atoms with Gasteiger partial charge in [0.2, 0.25) is 0 Å². The Kier molecular flexibility index (Phi) is 7.35. The maximum absolute atomic E-state index is 5.50. The normalized spacial score (nSPS) is 18.0. The first-order valence-corrected chi connectivity index (χ1v) is 12.0. The number of aliphatic imine (C=N–C) groups is 1. The Balaban J connectivity index is 1.28. The number of hydrogen-bond acceptors (Lipinski definition) is 5. The van der Waals surface area contributed by atoms with Crippen molar-refractivity contribution in [3.63, 3.8) is 0 Å². The number of benzene rings is 1. The molecule has 1 aromatic carbocycles. The minimum Gasteiger partial charge on any atom is -0.493 e. The van der Waals surface area contributed by atoms with E-state index in [1.165, 1.54) is 41.9 Å². The van der Waals surface area contributed by atoms with Gasteiger partial charge in [0.25, 0.3) is 0 Å². The maximum Gasteiger partial charge on any atom is 0.193 e. The molecule has 0 radical (unpaired) electrons. The molecule has 1 saturated heterocycles. The maximum atomic E-state index is 5.50. The molecular weight excluding hydrogens is 408 g/mol. The molecule has 168 valence electrons. The van der Waals surface area contributed by atoms with Gasteiger partial charge < -0.3 is 19.7 Å². The molecule has 0 unspecified atom stereocenters. The van der Waals surface area contributed by atoms with Gasteiger partial charge in [-0.15, -0.1) is 11.3 Å². The van der Waals surface area contributed by atoms with Gasteiger partial charge in [0, 0.05) is 38.1 Å². The third kappa shape index (κ3) is 5.33. The summed E-state index contributed by atoms with van der Waals surface area (Å²) < 4.78 is 11.0. The highest BCUT2D eigenvalue weighted by atomic mass is 32.1. The molecule has 1 fully saturated rings. The van der Waals surface area contributed by atoms with Crippen LogP contribution >= 0.6 is 11.3 Å². The zero-order valence-electron chi connectivity index (χ0n) is 18.9. The van der Waals surface area contributed by atoms with Crippen LogP contribution in [0.5, 0.6) is 11.5 Å². The van der Waals surface area contributed by atoms with Gasteiger partial charge in [-0.2, -0.15) is 0 Å². The molecule has 0 atom stereocenters. The van der Waals surface area contributed by atoms with E-state index in [-0.39, 0.29) is 0 Å². The van der Waals surface area contributed by atoms with E-state index in [1.54, 1.807) is 14.2 Å². The Morgan fingerprint density at radius 1 is 1.13 bits per heavy atom. The molecule has 31 heavy (non-hydrogen) atoms. The highest BCUT2D eigenvalue weighted by Crippen LogP contribution is 2.33. The van der Waals surface area contributed by atoms with Crippen LogP contribution in [0.25, 0.3) is 0 Å². The van der Waals surface area contributed by atoms with Crippen molar-refractivity contribution in [3.05, 3.63) is 45.6 Å². The number of likely N-dealkylation sites (tertiary alicyclic amines) is 1. The smallest absolute Gasteiger partial charge is 0.193 e. The van der Waals surface area contributed by atoms with Crippen molar-refractivity contribution in [1.82, 2.24) is 15.1 Å². The van der Waals surface area contributed by atoms with E-state index in [2.05, 4.69) is 49.8 Å². The Morgan fingerprint density at radius 2 is 1.87 bits per heavy atom. The van der Waals surface area contributed by atoms with E-state index in [0.29, 0.717) is 5.92 Å². The van der Waals surface area contributed by atoms with E-state index in [9.17, 15) is 0 Å². The summed E-state index contributed by atoms with van der Waals surface area (Å²) >= 11 is 1.86. The van der Waals surface area contributed by atoms with Crippen molar-refractivity contribution in [2.75, 3.05) is 47.4 Å². The molecular formula is C24H34N4O2S. The van der Waals surface area contributed by atoms with Crippen LogP contribution in [-0.4, -0.2) is 63.2 Å². The number of nitrogens with zero attached hydrogens (tertiary/aromatic N) is 3. The van der Waals surface area contributed by atoms with E-state index >= 15 is 0 Å². The van der Waals surface area contributed by atoms with E-state index in [1.807, 2.05) is 18.4 Å². The first-order valence-electron chi connectivity index (χ1n) is 11.1. The van der Waals surface area contributed by atoms with Crippen molar-refractivity contribution < 1.29 is 9.47 Å². The van der Waals surface area contributed by atoms with Crippen molar-refractivity contribution in [2.24, 2.45) is 10.9 Å². The molecule has 0 aliphatic carbocycles. The van der Waals surface area contributed by atoms with Crippen LogP contribution in [0, 0.1) is 5.92 Å². The third-order valence-electron chi connectivity index (χ3n) is 6.44. The second-order valence-corrected chi connectivity index (χ2v) is 9.41. The number of guanidine groups is 1. The fraction of sp³-hybridized carbons (Fsp3) is 0.542. The Morgan fingerprint density at radius 3 is 2.52 bits per heavy atom. The molecule has 2 aliphatic rings. The average Bonchev–Trinajstić information content (AvgIpc) is 3.32. The number of nitrogens with one attached hydrogen (secondary N) is 1. The monoisotopic (exact) mass is 442 g/mol. The Bertz CT molecular complexity index is 876. The highest BCUT2D eigenvalue weighted by Gasteiger charge is 2.24. The number of rotatable bonds is 6. The topological polar surface area (TPSA) is 49.3 Å². The van der Waals surface area contributed by atoms with Crippen LogP contribution in [0.15, 0.2) is 34.6 Å². The zero-order valence-corrected chi connectivity index (χ0v) is 19.7. The number of ether oxygens (including phenoxy) is 2. The molecule has 7 heteroatoms. The van der Waals surface area contributed by atoms with E-state index in [4.69, 9.17) is 9.47 Å². The van der Waals surface area contributed by atoms with Crippen LogP contribution in [0.3, 0.4) is 0 Å². The summed E-state index contributed by atoms with van der Waals surface area (Å²) in [4.78, 5) is 11.0. The largest absolute Gasteiger partial charge is 0.493 e. The van der Waals surface area contributed by atoms with Gasteiger partial charge in [0.05, 0.1) is 14.2 Å². The van der Waals surface area contributed by atoms with Crippen LogP contribution in [0.1, 0.15) is 28.8 Å². The minimum absolute atomic E-state index is 0.706. The number of methoxy groups -OCH3 is 2. The Hall–Kier alpha value is -2.25. The second-order valence-electron chi connectivity index (χ2n) is 8.37. The number of fused-ring (bicyclic) bond motifs is 1. The number of thiophene rings is 1. The SMILES string of the molecule is CN=C(NCC1CCN(Cc2cccs2)CC1)N1CCc2cc(OC)c(OC)cc2C1. The van der Waals surface area contributed by atoms with Gasteiger partial charge in [0.1, 0.15) is 0 Å². The van der Waals surface area contributed by atoms with Gasteiger partial charge in [-0.1, -0.05) is 6.07 Å². The summed E-state index contributed by atoms with van der Waals surface area (Å²) in [6.07, 6.45) is 3.47. The molecule has 0 bridgehead atoms. The summed E-state index contributed by atoms with van der Waals surface area (Å²) in [5.41, 5.74) is 2.62. The van der Waals surface area contributed by atoms with Crippen molar-refractivity contribution in [3.8, 4) is 11.5 Å². The fourth-order valence-corrected chi connectivity index (χ4v) is 5.35. The average molecular weight is 443 g/mol. The molecule has 6 nitrogen and oxygen atoms in total. The van der Waals surface area contributed by atoms with Crippen LogP contribution < -0.4 is 14.8 Å². The molecule has 2 aromatic rings. The number of hydrogen-bond donors (Lipinski definition) is 1. The Labute approximate surface area is 189 Å². The summed E-state index contributed by atoms with van der Waals surface area (Å²) in [6, 6.07) is 8.61. The zero-order chi connectivity index (χ0) is 21.6. The second kappa shape index (κ2) is 10.4. The standard InChI is InChI=1S/C24H34N4O2S/c1-25-24(26-15-18-6-9-27(10-7-18)17-21-5-4-12-31-21)28-11-8-19-13-22(29-2)23(30-3)14-20(19)16-28/h4-5,12-14,18H,6-11,15-17H2,1-3H3,(H,25,26). The lowest BCUT2D eigenvalue weighted by molar-refractivity contribution is 0.178. The van der Waals surface area contributed by atoms with Crippen LogP contribution in [0.4, 0.5) is 0 Å². The van der Waals surface area contributed by atoms with E-state index in [0.717, 1.165) is 50.1 Å². The van der Waals surface area contributed by atoms with E-state index < -0.39 is 0 Å². The third-order valence-corrected chi connectivity index (χ3v) is 7.31. The van der Waals surface area contributed by atoms with Crippen LogP contribution in [-0.2, 0) is 19.5 Å². The first-order chi connectivity index (χ1) is 15.2. The lowest BCUT2D eigenvalue weighted by atomic mass is 9.96. The lowest BCUT2D eigenvalue weighted by Gasteiger charge is -2.35. The first kappa shape index (κ1) is 22.0. The molecule has 0 saturated carbocycles. The fourth-order valence-electron chi connectivity index (χ4n) is 4.60. The minimum atomic E-state index is 0.706.